The molecule has 0 aliphatic heterocycles. The van der Waals surface area contributed by atoms with E-state index in [1.807, 2.05) is 13.0 Å². The van der Waals surface area contributed by atoms with Gasteiger partial charge in [-0.3, -0.25) is 9.20 Å². The van der Waals surface area contributed by atoms with Gasteiger partial charge in [-0.15, -0.1) is 11.3 Å². The number of benzene rings is 1. The Balaban J connectivity index is 1.78. The van der Waals surface area contributed by atoms with Gasteiger partial charge in [0.2, 0.25) is 0 Å². The van der Waals surface area contributed by atoms with Gasteiger partial charge >= 0.3 is 0 Å². The summed E-state index contributed by atoms with van der Waals surface area (Å²) < 4.78 is 16.0. The molecule has 1 aliphatic carbocycles. The lowest BCUT2D eigenvalue weighted by molar-refractivity contribution is 0.609. The van der Waals surface area contributed by atoms with Crippen LogP contribution in [0.4, 0.5) is 4.39 Å². The quantitative estimate of drug-likeness (QED) is 0.720. The molecule has 0 N–H and O–H groups in total. The van der Waals surface area contributed by atoms with Crippen LogP contribution in [0.5, 0.6) is 0 Å². The maximum Gasteiger partial charge on any atom is 0.258 e. The van der Waals surface area contributed by atoms with Gasteiger partial charge in [-0.1, -0.05) is 19.1 Å². The van der Waals surface area contributed by atoms with Crippen molar-refractivity contribution >= 4 is 16.3 Å². The summed E-state index contributed by atoms with van der Waals surface area (Å²) >= 11 is 1.51. The number of hydrogen-bond donors (Lipinski definition) is 0. The standard InChI is InChI=1S/C19H16FN3OS/c1-10-6-15(10)18-11(2)25-19-22-14(8-16(24)23(18)19)7-12-4-3-5-13(9-21)17(12)20/h3-5,8,10,15H,6-7H2,1-2H3. The predicted molar refractivity (Wildman–Crippen MR) is 94.5 cm³/mol. The number of hydrogen-bond acceptors (Lipinski definition) is 4. The fourth-order valence-electron chi connectivity index (χ4n) is 3.36. The second-order valence-electron chi connectivity index (χ2n) is 6.63. The highest BCUT2D eigenvalue weighted by molar-refractivity contribution is 7.17. The zero-order valence-corrected chi connectivity index (χ0v) is 14.7. The zero-order chi connectivity index (χ0) is 17.7. The van der Waals surface area contributed by atoms with Crippen molar-refractivity contribution in [3.8, 4) is 6.07 Å². The van der Waals surface area contributed by atoms with E-state index >= 15 is 0 Å². The lowest BCUT2D eigenvalue weighted by atomic mass is 10.1. The van der Waals surface area contributed by atoms with Crippen molar-refractivity contribution in [3.05, 3.63) is 67.8 Å². The topological polar surface area (TPSA) is 58.2 Å². The molecule has 0 spiro atoms. The van der Waals surface area contributed by atoms with Crippen molar-refractivity contribution < 1.29 is 4.39 Å². The minimum Gasteiger partial charge on any atom is -0.269 e. The number of aryl methyl sites for hydroxylation is 1. The molecular weight excluding hydrogens is 337 g/mol. The van der Waals surface area contributed by atoms with Crippen molar-refractivity contribution in [2.75, 3.05) is 0 Å². The van der Waals surface area contributed by atoms with Gasteiger partial charge in [-0.05, 0) is 30.9 Å². The Bertz CT molecular complexity index is 1090. The molecule has 4 nitrogen and oxygen atoms in total. The fourth-order valence-corrected chi connectivity index (χ4v) is 4.43. The van der Waals surface area contributed by atoms with Crippen LogP contribution in [-0.2, 0) is 6.42 Å². The summed E-state index contributed by atoms with van der Waals surface area (Å²) in [6.45, 7) is 4.21. The van der Waals surface area contributed by atoms with Gasteiger partial charge in [0.25, 0.3) is 5.56 Å². The van der Waals surface area contributed by atoms with Crippen LogP contribution in [0.3, 0.4) is 0 Å². The SMILES string of the molecule is Cc1sc2nc(Cc3cccc(C#N)c3F)cc(=O)n2c1C1CC1C. The number of nitriles is 1. The summed E-state index contributed by atoms with van der Waals surface area (Å²) in [6, 6.07) is 8.02. The first-order valence-electron chi connectivity index (χ1n) is 8.19. The average Bonchev–Trinajstić information content (AvgIpc) is 3.18. The van der Waals surface area contributed by atoms with E-state index in [-0.39, 0.29) is 17.5 Å². The van der Waals surface area contributed by atoms with E-state index in [1.54, 1.807) is 16.5 Å². The Labute approximate surface area is 148 Å². The normalized spacial score (nSPS) is 19.1. The van der Waals surface area contributed by atoms with E-state index in [2.05, 4.69) is 11.9 Å². The Morgan fingerprint density at radius 3 is 2.92 bits per heavy atom. The van der Waals surface area contributed by atoms with Crippen molar-refractivity contribution in [1.29, 1.82) is 5.26 Å². The first-order valence-corrected chi connectivity index (χ1v) is 9.00. The molecule has 0 amide bonds. The summed E-state index contributed by atoms with van der Waals surface area (Å²) in [6.07, 6.45) is 1.30. The summed E-state index contributed by atoms with van der Waals surface area (Å²) in [5.74, 6) is 0.497. The smallest absolute Gasteiger partial charge is 0.258 e. The number of thiazole rings is 1. The molecule has 0 radical (unpaired) electrons. The van der Waals surface area contributed by atoms with Crippen molar-refractivity contribution in [2.45, 2.75) is 32.6 Å². The molecule has 6 heteroatoms. The monoisotopic (exact) mass is 353 g/mol. The highest BCUT2D eigenvalue weighted by atomic mass is 32.1. The van der Waals surface area contributed by atoms with Crippen LogP contribution in [-0.4, -0.2) is 9.38 Å². The zero-order valence-electron chi connectivity index (χ0n) is 13.9. The number of fused-ring (bicyclic) bond motifs is 1. The highest BCUT2D eigenvalue weighted by Crippen LogP contribution is 2.48. The van der Waals surface area contributed by atoms with E-state index in [4.69, 9.17) is 5.26 Å². The first kappa shape index (κ1) is 16.0. The van der Waals surface area contributed by atoms with Gasteiger partial charge in [0.1, 0.15) is 11.9 Å². The molecule has 126 valence electrons. The summed E-state index contributed by atoms with van der Waals surface area (Å²) in [5.41, 5.74) is 1.87. The van der Waals surface area contributed by atoms with Crippen LogP contribution in [0.2, 0.25) is 0 Å². The number of halogens is 1. The Morgan fingerprint density at radius 1 is 1.48 bits per heavy atom. The van der Waals surface area contributed by atoms with E-state index in [9.17, 15) is 9.18 Å². The van der Waals surface area contributed by atoms with E-state index in [0.717, 1.165) is 17.0 Å². The molecule has 0 bridgehead atoms. The molecule has 2 aromatic heterocycles. The largest absolute Gasteiger partial charge is 0.269 e. The molecule has 4 rings (SSSR count). The van der Waals surface area contributed by atoms with Crippen LogP contribution in [0.1, 0.15) is 46.7 Å². The Morgan fingerprint density at radius 2 is 2.24 bits per heavy atom. The van der Waals surface area contributed by atoms with Gasteiger partial charge in [-0.25, -0.2) is 9.37 Å². The lowest BCUT2D eigenvalue weighted by Crippen LogP contribution is -2.17. The van der Waals surface area contributed by atoms with Crippen LogP contribution in [0.25, 0.3) is 4.96 Å². The third-order valence-electron chi connectivity index (χ3n) is 4.82. The highest BCUT2D eigenvalue weighted by Gasteiger charge is 2.38. The molecule has 3 aromatic rings. The Kier molecular flexibility index (Phi) is 3.69. The second-order valence-corrected chi connectivity index (χ2v) is 7.82. The molecule has 1 aliphatic rings. The van der Waals surface area contributed by atoms with Gasteiger partial charge in [0, 0.05) is 29.0 Å². The second kappa shape index (κ2) is 5.78. The van der Waals surface area contributed by atoms with Gasteiger partial charge in [0.05, 0.1) is 11.3 Å². The molecular formula is C19H16FN3OS. The lowest BCUT2D eigenvalue weighted by Gasteiger charge is -2.05. The van der Waals surface area contributed by atoms with Crippen molar-refractivity contribution in [3.63, 3.8) is 0 Å². The van der Waals surface area contributed by atoms with E-state index in [1.165, 1.54) is 23.5 Å². The third kappa shape index (κ3) is 2.65. The maximum absolute atomic E-state index is 14.3. The third-order valence-corrected chi connectivity index (χ3v) is 5.79. The van der Waals surface area contributed by atoms with Crippen LogP contribution < -0.4 is 5.56 Å². The van der Waals surface area contributed by atoms with Crippen molar-refractivity contribution in [1.82, 2.24) is 9.38 Å². The molecule has 0 saturated heterocycles. The van der Waals surface area contributed by atoms with Crippen LogP contribution in [0.15, 0.2) is 29.1 Å². The first-order chi connectivity index (χ1) is 12.0. The van der Waals surface area contributed by atoms with Crippen molar-refractivity contribution in [2.24, 2.45) is 5.92 Å². The molecule has 2 heterocycles. The summed E-state index contributed by atoms with van der Waals surface area (Å²) in [5, 5.41) is 8.95. The van der Waals surface area contributed by atoms with Crippen LogP contribution in [0, 0.1) is 30.0 Å². The molecule has 1 fully saturated rings. The molecule has 2 unspecified atom stereocenters. The molecule has 1 aromatic carbocycles. The number of nitrogens with zero attached hydrogens (tertiary/aromatic N) is 3. The van der Waals surface area contributed by atoms with Crippen LogP contribution >= 0.6 is 11.3 Å². The molecule has 1 saturated carbocycles. The average molecular weight is 353 g/mol. The summed E-state index contributed by atoms with van der Waals surface area (Å²) in [7, 11) is 0. The summed E-state index contributed by atoms with van der Waals surface area (Å²) in [4.78, 5) is 19.0. The minimum absolute atomic E-state index is 0.00674. The molecule has 2 atom stereocenters. The molecule has 25 heavy (non-hydrogen) atoms. The van der Waals surface area contributed by atoms with Gasteiger partial charge < -0.3 is 0 Å². The maximum atomic E-state index is 14.3. The Hall–Kier alpha value is -2.52. The van der Waals surface area contributed by atoms with E-state index in [0.29, 0.717) is 28.1 Å². The van der Waals surface area contributed by atoms with E-state index < -0.39 is 5.82 Å². The number of aromatic nitrogens is 2. The van der Waals surface area contributed by atoms with Gasteiger partial charge in [0.15, 0.2) is 4.96 Å². The minimum atomic E-state index is -0.540. The van der Waals surface area contributed by atoms with Gasteiger partial charge in [-0.2, -0.15) is 5.26 Å². The predicted octanol–water partition coefficient (Wildman–Crippen LogP) is 3.79. The fraction of sp³-hybridized carbons (Fsp3) is 0.316. The number of rotatable bonds is 3.